The van der Waals surface area contributed by atoms with Crippen molar-refractivity contribution in [3.8, 4) is 11.5 Å². The normalized spacial score (nSPS) is 18.1. The molecule has 5 heteroatoms. The highest BCUT2D eigenvalue weighted by molar-refractivity contribution is 5.82. The van der Waals surface area contributed by atoms with Gasteiger partial charge >= 0.3 is 5.97 Å². The summed E-state index contributed by atoms with van der Waals surface area (Å²) in [4.78, 5) is 12.5. The van der Waals surface area contributed by atoms with Crippen molar-refractivity contribution in [3.05, 3.63) is 23.8 Å². The molecule has 1 aromatic carbocycles. The zero-order valence-electron chi connectivity index (χ0n) is 15.3. The van der Waals surface area contributed by atoms with Crippen LogP contribution in [0.4, 0.5) is 0 Å². The summed E-state index contributed by atoms with van der Waals surface area (Å²) < 4.78 is 16.9. The van der Waals surface area contributed by atoms with Gasteiger partial charge in [-0.15, -0.1) is 0 Å². The molecule has 1 aromatic rings. The van der Waals surface area contributed by atoms with Crippen LogP contribution < -0.4 is 15.2 Å². The van der Waals surface area contributed by atoms with Gasteiger partial charge in [0.15, 0.2) is 11.5 Å². The van der Waals surface area contributed by atoms with Gasteiger partial charge in [0.2, 0.25) is 0 Å². The summed E-state index contributed by atoms with van der Waals surface area (Å²) in [5.41, 5.74) is 5.08. The van der Waals surface area contributed by atoms with Crippen LogP contribution in [0.15, 0.2) is 18.2 Å². The second-order valence-corrected chi connectivity index (χ2v) is 7.59. The zero-order chi connectivity index (χ0) is 18.0. The van der Waals surface area contributed by atoms with Crippen molar-refractivity contribution in [3.63, 3.8) is 0 Å². The van der Waals surface area contributed by atoms with Crippen molar-refractivity contribution in [2.24, 2.45) is 5.73 Å². The van der Waals surface area contributed by atoms with Gasteiger partial charge in [-0.3, -0.25) is 0 Å². The highest BCUT2D eigenvalue weighted by Gasteiger charge is 2.36. The first-order valence-electron chi connectivity index (χ1n) is 8.51. The van der Waals surface area contributed by atoms with E-state index >= 15 is 0 Å². The van der Waals surface area contributed by atoms with Crippen LogP contribution in [-0.4, -0.2) is 24.8 Å². The largest absolute Gasteiger partial charge is 0.493 e. The molecule has 0 aliphatic heterocycles. The Bertz CT molecular complexity index is 584. The molecule has 0 saturated heterocycles. The van der Waals surface area contributed by atoms with Crippen molar-refractivity contribution < 1.29 is 19.0 Å². The molecule has 1 fully saturated rings. The zero-order valence-corrected chi connectivity index (χ0v) is 15.3. The second kappa shape index (κ2) is 7.01. The molecule has 1 aliphatic carbocycles. The maximum atomic E-state index is 12.5. The van der Waals surface area contributed by atoms with Crippen molar-refractivity contribution in [1.29, 1.82) is 0 Å². The number of esters is 1. The van der Waals surface area contributed by atoms with Crippen LogP contribution >= 0.6 is 0 Å². The first-order valence-corrected chi connectivity index (χ1v) is 8.51. The van der Waals surface area contributed by atoms with Gasteiger partial charge in [0.1, 0.15) is 11.1 Å². The third-order valence-electron chi connectivity index (χ3n) is 4.18. The molecule has 5 nitrogen and oxygen atoms in total. The van der Waals surface area contributed by atoms with E-state index in [1.807, 2.05) is 20.8 Å². The van der Waals surface area contributed by atoms with Crippen LogP contribution in [0.3, 0.4) is 0 Å². The van der Waals surface area contributed by atoms with Crippen molar-refractivity contribution in [2.75, 3.05) is 7.11 Å². The average molecular weight is 335 g/mol. The molecule has 1 saturated carbocycles. The Balaban J connectivity index is 2.27. The number of methoxy groups -OCH3 is 1. The molecule has 134 valence electrons. The summed E-state index contributed by atoms with van der Waals surface area (Å²) in [6.07, 6.45) is 4.64. The minimum Gasteiger partial charge on any atom is -0.493 e. The number of carbonyl (C=O) groups is 1. The van der Waals surface area contributed by atoms with E-state index in [9.17, 15) is 4.79 Å². The fourth-order valence-corrected chi connectivity index (χ4v) is 2.78. The molecule has 2 rings (SSSR count). The van der Waals surface area contributed by atoms with Gasteiger partial charge in [0.25, 0.3) is 0 Å². The number of ether oxygens (including phenoxy) is 3. The Morgan fingerprint density at radius 2 is 1.75 bits per heavy atom. The van der Waals surface area contributed by atoms with Gasteiger partial charge in [-0.1, -0.05) is 6.07 Å². The van der Waals surface area contributed by atoms with Gasteiger partial charge in [0.05, 0.1) is 13.2 Å². The lowest BCUT2D eigenvalue weighted by Gasteiger charge is -2.29. The fraction of sp³-hybridized carbons (Fsp3) is 0.632. The molecule has 0 bridgehead atoms. The molecule has 0 amide bonds. The standard InChI is InChI=1S/C19H29NO4/c1-18(2,3)24-17(21)19(4,20)13-10-11-15(22-5)16(12-13)23-14-8-6-7-9-14/h10-12,14H,6-9,20H2,1-5H3. The molecular weight excluding hydrogens is 306 g/mol. The Kier molecular flexibility index (Phi) is 5.43. The second-order valence-electron chi connectivity index (χ2n) is 7.59. The van der Waals surface area contributed by atoms with Gasteiger partial charge < -0.3 is 19.9 Å². The lowest BCUT2D eigenvalue weighted by molar-refractivity contribution is -0.161. The van der Waals surface area contributed by atoms with E-state index in [1.165, 1.54) is 12.8 Å². The first kappa shape index (κ1) is 18.6. The molecule has 0 heterocycles. The Hall–Kier alpha value is -1.75. The smallest absolute Gasteiger partial charge is 0.331 e. The fourth-order valence-electron chi connectivity index (χ4n) is 2.78. The summed E-state index contributed by atoms with van der Waals surface area (Å²) in [6, 6.07) is 5.36. The third kappa shape index (κ3) is 4.41. The Morgan fingerprint density at radius 3 is 2.29 bits per heavy atom. The van der Waals surface area contributed by atoms with Gasteiger partial charge in [-0.25, -0.2) is 4.79 Å². The summed E-state index contributed by atoms with van der Waals surface area (Å²) in [5, 5.41) is 0. The molecule has 24 heavy (non-hydrogen) atoms. The Morgan fingerprint density at radius 1 is 1.12 bits per heavy atom. The SMILES string of the molecule is COc1ccc(C(C)(N)C(=O)OC(C)(C)C)cc1OC1CCCC1. The maximum Gasteiger partial charge on any atom is 0.331 e. The topological polar surface area (TPSA) is 70.8 Å². The summed E-state index contributed by atoms with van der Waals surface area (Å²) in [5.74, 6) is 0.805. The van der Waals surface area contributed by atoms with E-state index in [0.717, 1.165) is 12.8 Å². The summed E-state index contributed by atoms with van der Waals surface area (Å²) in [6.45, 7) is 7.12. The van der Waals surface area contributed by atoms with Gasteiger partial charge in [0, 0.05) is 0 Å². The van der Waals surface area contributed by atoms with E-state index in [4.69, 9.17) is 19.9 Å². The van der Waals surface area contributed by atoms with Crippen LogP contribution in [0, 0.1) is 0 Å². The molecule has 0 spiro atoms. The minimum absolute atomic E-state index is 0.194. The van der Waals surface area contributed by atoms with Crippen LogP contribution in [0.2, 0.25) is 0 Å². The van der Waals surface area contributed by atoms with Crippen molar-refractivity contribution in [1.82, 2.24) is 0 Å². The van der Waals surface area contributed by atoms with Gasteiger partial charge in [-0.05, 0) is 71.1 Å². The number of hydrogen-bond acceptors (Lipinski definition) is 5. The third-order valence-corrected chi connectivity index (χ3v) is 4.18. The maximum absolute atomic E-state index is 12.5. The highest BCUT2D eigenvalue weighted by Crippen LogP contribution is 2.35. The monoisotopic (exact) mass is 335 g/mol. The van der Waals surface area contributed by atoms with Crippen LogP contribution in [0.1, 0.15) is 58.9 Å². The Labute approximate surface area is 144 Å². The number of nitrogens with two attached hydrogens (primary N) is 1. The lowest BCUT2D eigenvalue weighted by atomic mass is 9.92. The van der Waals surface area contributed by atoms with E-state index in [2.05, 4.69) is 0 Å². The first-order chi connectivity index (χ1) is 11.1. The molecule has 1 aliphatic rings. The predicted octanol–water partition coefficient (Wildman–Crippen LogP) is 3.53. The molecule has 2 N–H and O–H groups in total. The van der Waals surface area contributed by atoms with Crippen molar-refractivity contribution >= 4 is 5.97 Å². The number of benzene rings is 1. The molecule has 0 radical (unpaired) electrons. The van der Waals surface area contributed by atoms with E-state index in [0.29, 0.717) is 17.1 Å². The van der Waals surface area contributed by atoms with Crippen LogP contribution in [0.25, 0.3) is 0 Å². The number of hydrogen-bond donors (Lipinski definition) is 1. The van der Waals surface area contributed by atoms with E-state index in [-0.39, 0.29) is 6.10 Å². The van der Waals surface area contributed by atoms with E-state index in [1.54, 1.807) is 32.2 Å². The van der Waals surface area contributed by atoms with E-state index < -0.39 is 17.1 Å². The average Bonchev–Trinajstić information content (AvgIpc) is 2.98. The predicted molar refractivity (Wildman–Crippen MR) is 93.3 cm³/mol. The van der Waals surface area contributed by atoms with Crippen LogP contribution in [-0.2, 0) is 15.1 Å². The number of carbonyl (C=O) groups excluding carboxylic acids is 1. The molecule has 1 atom stereocenters. The highest BCUT2D eigenvalue weighted by atomic mass is 16.6. The lowest BCUT2D eigenvalue weighted by Crippen LogP contribution is -2.45. The van der Waals surface area contributed by atoms with Crippen LogP contribution in [0.5, 0.6) is 11.5 Å². The summed E-state index contributed by atoms with van der Waals surface area (Å²) >= 11 is 0. The molecule has 1 unspecified atom stereocenters. The molecular formula is C19H29NO4. The molecule has 0 aromatic heterocycles. The summed E-state index contributed by atoms with van der Waals surface area (Å²) in [7, 11) is 1.60. The number of rotatable bonds is 5. The van der Waals surface area contributed by atoms with Crippen molar-refractivity contribution in [2.45, 2.75) is 70.6 Å². The van der Waals surface area contributed by atoms with Gasteiger partial charge in [-0.2, -0.15) is 0 Å². The quantitative estimate of drug-likeness (QED) is 0.834. The minimum atomic E-state index is -1.26.